The summed E-state index contributed by atoms with van der Waals surface area (Å²) in [5, 5.41) is 14.1. The van der Waals surface area contributed by atoms with Gasteiger partial charge in [-0.3, -0.25) is 4.68 Å². The van der Waals surface area contributed by atoms with Gasteiger partial charge in [-0.1, -0.05) is 0 Å². The quantitative estimate of drug-likeness (QED) is 0.677. The van der Waals surface area contributed by atoms with Gasteiger partial charge in [-0.05, 0) is 18.0 Å². The summed E-state index contributed by atoms with van der Waals surface area (Å²) in [5.74, 6) is -0.741. The number of aromatic nitrogens is 4. The molecule has 9 nitrogen and oxygen atoms in total. The minimum atomic E-state index is -3.87. The van der Waals surface area contributed by atoms with Crippen LogP contribution in [-0.4, -0.2) is 45.2 Å². The van der Waals surface area contributed by atoms with Gasteiger partial charge in [-0.15, -0.1) is 0 Å². The highest BCUT2D eigenvalue weighted by Crippen LogP contribution is 2.16. The summed E-state index contributed by atoms with van der Waals surface area (Å²) in [5.41, 5.74) is -0.459. The van der Waals surface area contributed by atoms with E-state index in [1.54, 1.807) is 18.1 Å². The fraction of sp³-hybridized carbons (Fsp3) is 0.400. The van der Waals surface area contributed by atoms with Gasteiger partial charge >= 0.3 is 5.97 Å². The average Bonchev–Trinajstić information content (AvgIpc) is 3.03. The molecule has 2 rings (SSSR count). The molecule has 0 radical (unpaired) electrons. The molecular weight excluding hydrogens is 318 g/mol. The Bertz CT molecular complexity index is 736. The van der Waals surface area contributed by atoms with Crippen LogP contribution in [0.15, 0.2) is 16.6 Å². The number of aromatic carboxylic acids is 1. The zero-order valence-corrected chi connectivity index (χ0v) is 12.7. The van der Waals surface area contributed by atoms with Crippen LogP contribution in [0.25, 0.3) is 0 Å². The van der Waals surface area contributed by atoms with E-state index in [1.807, 2.05) is 0 Å². The molecule has 2 aromatic heterocycles. The zero-order valence-electron chi connectivity index (χ0n) is 11.1. The van der Waals surface area contributed by atoms with E-state index in [9.17, 15) is 13.2 Å². The summed E-state index contributed by atoms with van der Waals surface area (Å²) in [6.45, 7) is 0.162. The lowest BCUT2D eigenvalue weighted by molar-refractivity contribution is 0.0687. The number of sulfonamides is 1. The molecule has 0 saturated heterocycles. The molecule has 0 aliphatic rings. The summed E-state index contributed by atoms with van der Waals surface area (Å²) in [6.07, 6.45) is 2.59. The van der Waals surface area contributed by atoms with Crippen molar-refractivity contribution in [3.63, 3.8) is 0 Å². The molecule has 11 heteroatoms. The monoisotopic (exact) mass is 331 g/mol. The Morgan fingerprint density at radius 1 is 1.52 bits per heavy atom. The number of carboxylic acid groups (broad SMARTS) is 1. The highest BCUT2D eigenvalue weighted by atomic mass is 32.2. The predicted octanol–water partition coefficient (Wildman–Crippen LogP) is -0.119. The Labute approximate surface area is 124 Å². The molecule has 0 fully saturated rings. The highest BCUT2D eigenvalue weighted by Gasteiger charge is 2.24. The second-order valence-corrected chi connectivity index (χ2v) is 6.53. The van der Waals surface area contributed by atoms with Gasteiger partial charge in [0.2, 0.25) is 10.0 Å². The number of carboxylic acids is 1. The van der Waals surface area contributed by atoms with Gasteiger partial charge in [0.1, 0.15) is 11.2 Å². The topological polar surface area (TPSA) is 127 Å². The van der Waals surface area contributed by atoms with Gasteiger partial charge in [-0.2, -0.15) is 9.47 Å². The number of nitrogens with one attached hydrogen (secondary N) is 1. The summed E-state index contributed by atoms with van der Waals surface area (Å²) >= 11 is 0.787. The Balaban J connectivity index is 1.92. The van der Waals surface area contributed by atoms with Gasteiger partial charge in [0, 0.05) is 25.4 Å². The van der Waals surface area contributed by atoms with Gasteiger partial charge < -0.3 is 5.11 Å². The van der Waals surface area contributed by atoms with E-state index < -0.39 is 21.7 Å². The molecule has 0 amide bonds. The Morgan fingerprint density at radius 2 is 2.29 bits per heavy atom. The number of hydrogen-bond donors (Lipinski definition) is 2. The van der Waals surface area contributed by atoms with Crippen LogP contribution in [0.3, 0.4) is 0 Å². The van der Waals surface area contributed by atoms with Crippen molar-refractivity contribution in [2.75, 3.05) is 6.54 Å². The highest BCUT2D eigenvalue weighted by molar-refractivity contribution is 7.89. The fourth-order valence-corrected chi connectivity index (χ4v) is 3.78. The maximum absolute atomic E-state index is 12.0. The first-order valence-electron chi connectivity index (χ1n) is 5.92. The number of nitrogens with zero attached hydrogens (tertiary/aromatic N) is 4. The van der Waals surface area contributed by atoms with E-state index in [0.717, 1.165) is 11.5 Å². The fourth-order valence-electron chi connectivity index (χ4n) is 1.59. The Kier molecular flexibility index (Phi) is 4.65. The molecule has 0 atom stereocenters. The summed E-state index contributed by atoms with van der Waals surface area (Å²) in [7, 11) is -2.12. The van der Waals surface area contributed by atoms with Crippen LogP contribution in [0.1, 0.15) is 22.7 Å². The van der Waals surface area contributed by atoms with Crippen LogP contribution in [0.4, 0.5) is 0 Å². The second-order valence-electron chi connectivity index (χ2n) is 4.17. The third-order valence-corrected chi connectivity index (χ3v) is 4.80. The molecular formula is C10H13N5O4S2. The number of carbonyl (C=O) groups is 1. The summed E-state index contributed by atoms with van der Waals surface area (Å²) in [4.78, 5) is 14.6. The number of hydrogen-bond acceptors (Lipinski definition) is 7. The third kappa shape index (κ3) is 3.83. The molecule has 2 N–H and O–H groups in total. The smallest absolute Gasteiger partial charge is 0.357 e. The van der Waals surface area contributed by atoms with E-state index in [4.69, 9.17) is 5.11 Å². The lowest BCUT2D eigenvalue weighted by Gasteiger charge is -2.04. The van der Waals surface area contributed by atoms with Gasteiger partial charge in [0.05, 0.1) is 0 Å². The molecule has 0 aliphatic heterocycles. The summed E-state index contributed by atoms with van der Waals surface area (Å²) in [6, 6.07) is 0. The van der Waals surface area contributed by atoms with E-state index >= 15 is 0 Å². The van der Waals surface area contributed by atoms with Gasteiger partial charge in [-0.25, -0.2) is 22.9 Å². The van der Waals surface area contributed by atoms with Gasteiger partial charge in [0.15, 0.2) is 11.5 Å². The van der Waals surface area contributed by atoms with E-state index in [-0.39, 0.29) is 11.4 Å². The molecule has 21 heavy (non-hydrogen) atoms. The van der Waals surface area contributed by atoms with Crippen molar-refractivity contribution in [1.82, 2.24) is 23.9 Å². The van der Waals surface area contributed by atoms with Crippen LogP contribution >= 0.6 is 11.5 Å². The molecule has 2 heterocycles. The lowest BCUT2D eigenvalue weighted by Crippen LogP contribution is -2.26. The zero-order chi connectivity index (χ0) is 15.5. The SMILES string of the molecule is Cn1cnc(CCCNS(=O)(=O)c2csnc2C(=O)O)n1. The van der Waals surface area contributed by atoms with Crippen LogP contribution in [0, 0.1) is 0 Å². The number of rotatable bonds is 7. The van der Waals surface area contributed by atoms with E-state index in [2.05, 4.69) is 19.2 Å². The summed E-state index contributed by atoms with van der Waals surface area (Å²) < 4.78 is 31.5. The van der Waals surface area contributed by atoms with Crippen molar-refractivity contribution in [2.24, 2.45) is 7.05 Å². The Hall–Kier alpha value is -1.85. The minimum absolute atomic E-state index is 0.162. The third-order valence-electron chi connectivity index (χ3n) is 2.55. The normalized spacial score (nSPS) is 11.7. The molecule has 0 bridgehead atoms. The maximum Gasteiger partial charge on any atom is 0.357 e. The largest absolute Gasteiger partial charge is 0.476 e. The molecule has 0 unspecified atom stereocenters. The van der Waals surface area contributed by atoms with Gasteiger partial charge in [0.25, 0.3) is 0 Å². The van der Waals surface area contributed by atoms with Crippen molar-refractivity contribution in [3.05, 3.63) is 23.2 Å². The first-order valence-corrected chi connectivity index (χ1v) is 8.24. The Morgan fingerprint density at radius 3 is 2.90 bits per heavy atom. The predicted molar refractivity (Wildman–Crippen MR) is 73.6 cm³/mol. The van der Waals surface area contributed by atoms with Crippen molar-refractivity contribution in [1.29, 1.82) is 0 Å². The van der Waals surface area contributed by atoms with Crippen LogP contribution in [0.5, 0.6) is 0 Å². The first kappa shape index (κ1) is 15.5. The molecule has 0 aliphatic carbocycles. The minimum Gasteiger partial charge on any atom is -0.476 e. The molecule has 2 aromatic rings. The van der Waals surface area contributed by atoms with Crippen molar-refractivity contribution in [3.8, 4) is 0 Å². The van der Waals surface area contributed by atoms with E-state index in [0.29, 0.717) is 18.7 Å². The maximum atomic E-state index is 12.0. The van der Waals surface area contributed by atoms with Crippen molar-refractivity contribution in [2.45, 2.75) is 17.7 Å². The molecule has 0 saturated carbocycles. The number of aryl methyl sites for hydroxylation is 2. The van der Waals surface area contributed by atoms with Crippen LogP contribution < -0.4 is 4.72 Å². The molecule has 0 spiro atoms. The van der Waals surface area contributed by atoms with Crippen molar-refractivity contribution >= 4 is 27.5 Å². The van der Waals surface area contributed by atoms with Crippen LogP contribution in [-0.2, 0) is 23.5 Å². The average molecular weight is 331 g/mol. The first-order chi connectivity index (χ1) is 9.90. The molecule has 114 valence electrons. The van der Waals surface area contributed by atoms with E-state index in [1.165, 1.54) is 5.38 Å². The lowest BCUT2D eigenvalue weighted by atomic mass is 10.3. The van der Waals surface area contributed by atoms with Crippen molar-refractivity contribution < 1.29 is 18.3 Å². The standard InChI is InChI=1S/C10H13N5O4S2/c1-15-6-11-8(13-15)3-2-4-12-21(18,19)7-5-20-14-9(7)10(16)17/h5-6,12H,2-4H2,1H3,(H,16,17). The second kappa shape index (κ2) is 6.28. The van der Waals surface area contributed by atoms with Crippen LogP contribution in [0.2, 0.25) is 0 Å². The molecule has 0 aromatic carbocycles.